The van der Waals surface area contributed by atoms with Gasteiger partial charge in [-0.1, -0.05) is 6.92 Å². The van der Waals surface area contributed by atoms with E-state index in [1.807, 2.05) is 23.7 Å². The Morgan fingerprint density at radius 3 is 2.97 bits per heavy atom. The third kappa shape index (κ3) is 3.20. The molecule has 3 unspecified atom stereocenters. The molecule has 4 heterocycles. The van der Waals surface area contributed by atoms with E-state index in [4.69, 9.17) is 10.4 Å². The first-order valence-electron chi connectivity index (χ1n) is 11.7. The van der Waals surface area contributed by atoms with E-state index in [1.165, 1.54) is 12.8 Å². The van der Waals surface area contributed by atoms with Crippen molar-refractivity contribution in [3.8, 4) is 6.07 Å². The fourth-order valence-electron chi connectivity index (χ4n) is 6.25. The predicted octanol–water partition coefficient (Wildman–Crippen LogP) is 3.69. The molecule has 3 fully saturated rings. The summed E-state index contributed by atoms with van der Waals surface area (Å²) in [7, 11) is 0. The predicted molar refractivity (Wildman–Crippen MR) is 120 cm³/mol. The van der Waals surface area contributed by atoms with Gasteiger partial charge in [-0.2, -0.15) is 14.9 Å². The van der Waals surface area contributed by atoms with Gasteiger partial charge in [0, 0.05) is 31.3 Å². The van der Waals surface area contributed by atoms with Crippen molar-refractivity contribution < 1.29 is 0 Å². The Hall–Kier alpha value is -3.15. The second-order valence-corrected chi connectivity index (χ2v) is 10.0. The lowest BCUT2D eigenvalue weighted by atomic mass is 9.86. The van der Waals surface area contributed by atoms with Crippen molar-refractivity contribution in [2.75, 3.05) is 23.3 Å². The van der Waals surface area contributed by atoms with Crippen LogP contribution in [0.25, 0.3) is 5.78 Å². The topological polar surface area (TPSA) is 111 Å². The summed E-state index contributed by atoms with van der Waals surface area (Å²) in [5.74, 6) is 5.93. The molecule has 2 N–H and O–H groups in total. The van der Waals surface area contributed by atoms with Gasteiger partial charge in [-0.15, -0.1) is 5.10 Å². The number of hydrogen-bond acceptors (Lipinski definition) is 7. The van der Waals surface area contributed by atoms with Gasteiger partial charge in [-0.3, -0.25) is 5.10 Å². The van der Waals surface area contributed by atoms with Crippen LogP contribution in [0.5, 0.6) is 0 Å². The molecule has 3 aliphatic rings. The molecule has 2 aliphatic carbocycles. The summed E-state index contributed by atoms with van der Waals surface area (Å²) in [6.45, 7) is 6.40. The lowest BCUT2D eigenvalue weighted by molar-refractivity contribution is 0.305. The molecule has 1 saturated heterocycles. The molecule has 3 aromatic heterocycles. The number of rotatable bonds is 5. The van der Waals surface area contributed by atoms with Gasteiger partial charge < -0.3 is 10.2 Å². The molecule has 5 atom stereocenters. The fourth-order valence-corrected chi connectivity index (χ4v) is 6.25. The van der Waals surface area contributed by atoms with Gasteiger partial charge in [0.25, 0.3) is 5.78 Å². The minimum absolute atomic E-state index is 0.438. The molecule has 2 saturated carbocycles. The summed E-state index contributed by atoms with van der Waals surface area (Å²) in [6, 6.07) is 4.33. The standard InChI is InChI=1S/C23H29N9/c1-14-4-7-31(13-16-9-17(16)23(5-3-6-24)10-18(14)23)21-12-26-22-25-11-20(30-32(21)22)27-19-8-15(2)28-29-19/h8,11-12,14,16-18H,3-5,7,9-10,13H2,1-2H3,(H2,27,28,29,30)/t14-,16+,17?,18?,23?/m1/s1. The number of aromatic nitrogens is 6. The second-order valence-electron chi connectivity index (χ2n) is 10.0. The molecule has 0 spiro atoms. The first kappa shape index (κ1) is 19.5. The number of H-pyrrole nitrogens is 1. The first-order valence-corrected chi connectivity index (χ1v) is 11.7. The third-order valence-corrected chi connectivity index (χ3v) is 8.04. The molecule has 0 amide bonds. The molecule has 1 aliphatic heterocycles. The quantitative estimate of drug-likeness (QED) is 0.634. The van der Waals surface area contributed by atoms with Gasteiger partial charge in [-0.05, 0) is 61.7 Å². The molecule has 32 heavy (non-hydrogen) atoms. The number of anilines is 3. The number of nitriles is 1. The SMILES string of the molecule is Cc1cc(Nc2cnc3ncc(N4CC[C@@H](C)C5CC5(CCC#N)C5C[C@H]5C4)n3n2)n[nH]1. The molecule has 0 radical (unpaired) electrons. The number of nitrogens with one attached hydrogen (secondary N) is 2. The van der Waals surface area contributed by atoms with Crippen LogP contribution in [0.3, 0.4) is 0 Å². The lowest BCUT2D eigenvalue weighted by Gasteiger charge is -2.24. The molecule has 9 nitrogen and oxygen atoms in total. The van der Waals surface area contributed by atoms with Gasteiger partial charge in [0.1, 0.15) is 0 Å². The molecule has 3 aromatic rings. The Morgan fingerprint density at radius 2 is 2.16 bits per heavy atom. The van der Waals surface area contributed by atoms with Crippen molar-refractivity contribution in [2.24, 2.45) is 29.1 Å². The van der Waals surface area contributed by atoms with Crippen molar-refractivity contribution >= 4 is 23.2 Å². The number of nitrogens with zero attached hydrogens (tertiary/aromatic N) is 7. The van der Waals surface area contributed by atoms with Crippen molar-refractivity contribution in [1.82, 2.24) is 29.8 Å². The van der Waals surface area contributed by atoms with Crippen molar-refractivity contribution in [2.45, 2.75) is 46.0 Å². The molecule has 0 aromatic carbocycles. The minimum Gasteiger partial charge on any atom is -0.355 e. The van der Waals surface area contributed by atoms with Crippen LogP contribution < -0.4 is 10.2 Å². The molecule has 6 rings (SSSR count). The summed E-state index contributed by atoms with van der Waals surface area (Å²) >= 11 is 0. The highest BCUT2D eigenvalue weighted by Crippen LogP contribution is 2.72. The van der Waals surface area contributed by atoms with Crippen molar-refractivity contribution in [3.63, 3.8) is 0 Å². The van der Waals surface area contributed by atoms with Gasteiger partial charge in [-0.25, -0.2) is 9.97 Å². The first-order chi connectivity index (χ1) is 15.6. The molecule has 9 heteroatoms. The van der Waals surface area contributed by atoms with Crippen LogP contribution in [0, 0.1) is 47.3 Å². The summed E-state index contributed by atoms with van der Waals surface area (Å²) < 4.78 is 1.86. The number of hydrogen-bond donors (Lipinski definition) is 2. The zero-order valence-electron chi connectivity index (χ0n) is 18.6. The van der Waals surface area contributed by atoms with Crippen LogP contribution in [-0.4, -0.2) is 42.9 Å². The smallest absolute Gasteiger partial charge is 0.252 e. The zero-order chi connectivity index (χ0) is 21.9. The summed E-state index contributed by atoms with van der Waals surface area (Å²) in [4.78, 5) is 11.5. The zero-order valence-corrected chi connectivity index (χ0v) is 18.6. The highest BCUT2D eigenvalue weighted by Gasteiger charge is 2.66. The average molecular weight is 432 g/mol. The van der Waals surface area contributed by atoms with E-state index in [1.54, 1.807) is 6.20 Å². The monoisotopic (exact) mass is 431 g/mol. The maximum atomic E-state index is 9.17. The Labute approximate surface area is 187 Å². The molecular weight excluding hydrogens is 402 g/mol. The maximum Gasteiger partial charge on any atom is 0.252 e. The van der Waals surface area contributed by atoms with Crippen LogP contribution >= 0.6 is 0 Å². The molecular formula is C23H29N9. The van der Waals surface area contributed by atoms with Gasteiger partial charge in [0.05, 0.1) is 18.5 Å². The van der Waals surface area contributed by atoms with Gasteiger partial charge in [0.15, 0.2) is 17.5 Å². The van der Waals surface area contributed by atoms with Crippen LogP contribution in [0.1, 0.15) is 44.7 Å². The highest BCUT2D eigenvalue weighted by atomic mass is 15.4. The molecule has 0 bridgehead atoms. The van der Waals surface area contributed by atoms with Crippen LogP contribution in [0.4, 0.5) is 17.5 Å². The Morgan fingerprint density at radius 1 is 1.28 bits per heavy atom. The third-order valence-electron chi connectivity index (χ3n) is 8.04. The number of imidazole rings is 1. The normalized spacial score (nSPS) is 31.1. The van der Waals surface area contributed by atoms with E-state index in [2.05, 4.69) is 43.4 Å². The largest absolute Gasteiger partial charge is 0.355 e. The van der Waals surface area contributed by atoms with E-state index in [-0.39, 0.29) is 0 Å². The van der Waals surface area contributed by atoms with Gasteiger partial charge in [0.2, 0.25) is 0 Å². The lowest BCUT2D eigenvalue weighted by Crippen LogP contribution is -2.29. The van der Waals surface area contributed by atoms with Crippen LogP contribution in [0.15, 0.2) is 18.5 Å². The molecule has 166 valence electrons. The fraction of sp³-hybridized carbons (Fsp3) is 0.609. The van der Waals surface area contributed by atoms with Crippen LogP contribution in [0.2, 0.25) is 0 Å². The van der Waals surface area contributed by atoms with Crippen LogP contribution in [-0.2, 0) is 0 Å². The summed E-state index contributed by atoms with van der Waals surface area (Å²) in [5, 5.41) is 24.3. The number of aromatic amines is 1. The minimum atomic E-state index is 0.438. The van der Waals surface area contributed by atoms with E-state index < -0.39 is 0 Å². The Bertz CT molecular complexity index is 1190. The van der Waals surface area contributed by atoms with E-state index in [9.17, 15) is 0 Å². The Kier molecular flexibility index (Phi) is 4.39. The second kappa shape index (κ2) is 7.19. The summed E-state index contributed by atoms with van der Waals surface area (Å²) in [6.07, 6.45) is 9.17. The van der Waals surface area contributed by atoms with E-state index in [0.29, 0.717) is 35.3 Å². The van der Waals surface area contributed by atoms with E-state index >= 15 is 0 Å². The van der Waals surface area contributed by atoms with Gasteiger partial charge >= 0.3 is 0 Å². The van der Waals surface area contributed by atoms with Crippen molar-refractivity contribution in [1.29, 1.82) is 5.26 Å². The van der Waals surface area contributed by atoms with Crippen molar-refractivity contribution in [3.05, 3.63) is 24.2 Å². The summed E-state index contributed by atoms with van der Waals surface area (Å²) in [5.41, 5.74) is 1.42. The Balaban J connectivity index is 1.26. The van der Waals surface area contributed by atoms with E-state index in [0.717, 1.165) is 55.1 Å². The highest BCUT2D eigenvalue weighted by molar-refractivity contribution is 5.53. The number of fused-ring (bicyclic) bond motifs is 4. The number of aryl methyl sites for hydroxylation is 1. The maximum absolute atomic E-state index is 9.17. The average Bonchev–Trinajstić information content (AvgIpc) is 3.63.